The summed E-state index contributed by atoms with van der Waals surface area (Å²) in [6.45, 7) is 2.08. The number of carbonyl (C=O) groups is 2. The van der Waals surface area contributed by atoms with E-state index in [9.17, 15) is 9.59 Å². The van der Waals surface area contributed by atoms with Crippen molar-refractivity contribution in [2.75, 3.05) is 0 Å². The van der Waals surface area contributed by atoms with E-state index in [-0.39, 0.29) is 5.91 Å². The quantitative estimate of drug-likeness (QED) is 0.627. The first kappa shape index (κ1) is 19.6. The van der Waals surface area contributed by atoms with Crippen LogP contribution in [0, 0.1) is 0 Å². The lowest BCUT2D eigenvalue weighted by Gasteiger charge is -2.11. The number of nitrogens with one attached hydrogen (secondary N) is 2. The number of carbonyl (C=O) groups excluding carboxylic acids is 2. The first-order chi connectivity index (χ1) is 13.5. The number of hydrogen-bond acceptors (Lipinski definition) is 5. The number of imide groups is 1. The summed E-state index contributed by atoms with van der Waals surface area (Å²) in [6.07, 6.45) is 0. The summed E-state index contributed by atoms with van der Waals surface area (Å²) < 4.78 is 1.83. The molecule has 0 radical (unpaired) electrons. The normalized spacial score (nSPS) is 11.6. The van der Waals surface area contributed by atoms with Gasteiger partial charge in [-0.15, -0.1) is 10.2 Å². The van der Waals surface area contributed by atoms with Gasteiger partial charge < -0.3 is 9.88 Å². The molecule has 0 aliphatic carbocycles. The highest BCUT2D eigenvalue weighted by Crippen LogP contribution is 2.25. The van der Waals surface area contributed by atoms with E-state index >= 15 is 0 Å². The van der Waals surface area contributed by atoms with E-state index in [0.717, 1.165) is 17.0 Å². The van der Waals surface area contributed by atoms with E-state index in [4.69, 9.17) is 0 Å². The Balaban J connectivity index is 1.54. The van der Waals surface area contributed by atoms with Crippen molar-refractivity contribution in [1.82, 2.24) is 25.4 Å². The second kappa shape index (κ2) is 9.18. The second-order valence-electron chi connectivity index (χ2n) is 6.15. The summed E-state index contributed by atoms with van der Waals surface area (Å²) in [5.41, 5.74) is 1.90. The molecule has 144 valence electrons. The molecule has 0 unspecified atom stereocenters. The van der Waals surface area contributed by atoms with Gasteiger partial charge in [0.25, 0.3) is 0 Å². The summed E-state index contributed by atoms with van der Waals surface area (Å²) >= 11 is 1.25. The van der Waals surface area contributed by atoms with E-state index in [1.165, 1.54) is 11.8 Å². The molecule has 1 heterocycles. The predicted molar refractivity (Wildman–Crippen MR) is 109 cm³/mol. The van der Waals surface area contributed by atoms with Crippen LogP contribution in [-0.4, -0.2) is 32.0 Å². The van der Waals surface area contributed by atoms with E-state index in [0.29, 0.717) is 11.7 Å². The van der Waals surface area contributed by atoms with E-state index in [1.54, 1.807) is 6.92 Å². The Hall–Kier alpha value is -3.13. The average molecular weight is 395 g/mol. The van der Waals surface area contributed by atoms with Crippen LogP contribution < -0.4 is 10.6 Å². The smallest absolute Gasteiger partial charge is 0.321 e. The van der Waals surface area contributed by atoms with Crippen molar-refractivity contribution in [1.29, 1.82) is 0 Å². The van der Waals surface area contributed by atoms with Crippen molar-refractivity contribution in [2.45, 2.75) is 23.9 Å². The monoisotopic (exact) mass is 395 g/mol. The highest BCUT2D eigenvalue weighted by Gasteiger charge is 2.20. The maximum Gasteiger partial charge on any atom is 0.321 e. The Kier molecular flexibility index (Phi) is 6.44. The molecule has 0 saturated heterocycles. The SMILES string of the molecule is C[C@@H](Sc1nnc(-c2ccccc2)n1C)C(=O)NC(=O)NCc1ccccc1. The number of amides is 3. The van der Waals surface area contributed by atoms with Crippen LogP contribution in [0.2, 0.25) is 0 Å². The molecule has 1 aromatic heterocycles. The predicted octanol–water partition coefficient (Wildman–Crippen LogP) is 2.99. The third kappa shape index (κ3) is 4.98. The van der Waals surface area contributed by atoms with E-state index in [1.807, 2.05) is 72.3 Å². The summed E-state index contributed by atoms with van der Waals surface area (Å²) in [7, 11) is 1.85. The van der Waals surface area contributed by atoms with Gasteiger partial charge in [-0.25, -0.2) is 4.79 Å². The third-order valence-corrected chi connectivity index (χ3v) is 5.18. The molecule has 7 nitrogen and oxygen atoms in total. The van der Waals surface area contributed by atoms with Gasteiger partial charge in [-0.3, -0.25) is 10.1 Å². The molecule has 1 atom stereocenters. The van der Waals surface area contributed by atoms with Crippen molar-refractivity contribution < 1.29 is 9.59 Å². The number of hydrogen-bond donors (Lipinski definition) is 2. The zero-order valence-electron chi connectivity index (χ0n) is 15.6. The first-order valence-corrected chi connectivity index (χ1v) is 9.66. The molecule has 28 heavy (non-hydrogen) atoms. The average Bonchev–Trinajstić information content (AvgIpc) is 3.08. The van der Waals surface area contributed by atoms with Gasteiger partial charge in [0, 0.05) is 19.2 Å². The Bertz CT molecular complexity index is 944. The Morgan fingerprint density at radius 1 is 1.04 bits per heavy atom. The molecule has 3 amide bonds. The molecular weight excluding hydrogens is 374 g/mol. The minimum atomic E-state index is -0.524. The summed E-state index contributed by atoms with van der Waals surface area (Å²) in [5.74, 6) is 0.330. The zero-order chi connectivity index (χ0) is 19.9. The fourth-order valence-corrected chi connectivity index (χ4v) is 3.32. The van der Waals surface area contributed by atoms with Crippen LogP contribution in [0.4, 0.5) is 4.79 Å². The molecule has 2 N–H and O–H groups in total. The van der Waals surface area contributed by atoms with Gasteiger partial charge >= 0.3 is 6.03 Å². The van der Waals surface area contributed by atoms with Crippen LogP contribution in [0.3, 0.4) is 0 Å². The van der Waals surface area contributed by atoms with Crippen LogP contribution in [0.25, 0.3) is 11.4 Å². The maximum absolute atomic E-state index is 12.3. The molecule has 3 aromatic rings. The summed E-state index contributed by atoms with van der Waals surface area (Å²) in [4.78, 5) is 24.3. The topological polar surface area (TPSA) is 88.9 Å². The lowest BCUT2D eigenvalue weighted by Crippen LogP contribution is -2.42. The van der Waals surface area contributed by atoms with Gasteiger partial charge in [-0.2, -0.15) is 0 Å². The van der Waals surface area contributed by atoms with Crippen molar-refractivity contribution in [2.24, 2.45) is 7.05 Å². The van der Waals surface area contributed by atoms with E-state index < -0.39 is 11.3 Å². The molecule has 0 aliphatic heterocycles. The molecule has 0 saturated carbocycles. The van der Waals surface area contributed by atoms with Crippen molar-refractivity contribution in [3.05, 3.63) is 66.2 Å². The van der Waals surface area contributed by atoms with Crippen molar-refractivity contribution in [3.63, 3.8) is 0 Å². The highest BCUT2D eigenvalue weighted by atomic mass is 32.2. The summed E-state index contributed by atoms with van der Waals surface area (Å²) in [6, 6.07) is 18.7. The van der Waals surface area contributed by atoms with Gasteiger partial charge in [0.05, 0.1) is 5.25 Å². The number of aromatic nitrogens is 3. The van der Waals surface area contributed by atoms with Crippen LogP contribution >= 0.6 is 11.8 Å². The molecule has 0 bridgehead atoms. The number of benzene rings is 2. The fourth-order valence-electron chi connectivity index (χ4n) is 2.50. The van der Waals surface area contributed by atoms with Gasteiger partial charge in [-0.1, -0.05) is 72.4 Å². The molecule has 0 spiro atoms. The van der Waals surface area contributed by atoms with Gasteiger partial charge in [0.2, 0.25) is 5.91 Å². The van der Waals surface area contributed by atoms with Gasteiger partial charge in [0.1, 0.15) is 0 Å². The lowest BCUT2D eigenvalue weighted by atomic mass is 10.2. The minimum Gasteiger partial charge on any atom is -0.334 e. The van der Waals surface area contributed by atoms with Crippen molar-refractivity contribution >= 4 is 23.7 Å². The van der Waals surface area contributed by atoms with Crippen LogP contribution in [0.15, 0.2) is 65.8 Å². The van der Waals surface area contributed by atoms with Crippen LogP contribution in [0.1, 0.15) is 12.5 Å². The maximum atomic E-state index is 12.3. The minimum absolute atomic E-state index is 0.352. The fraction of sp³-hybridized carbons (Fsp3) is 0.200. The Labute approximate surface area is 167 Å². The molecule has 8 heteroatoms. The molecule has 0 aliphatic rings. The number of urea groups is 1. The van der Waals surface area contributed by atoms with Crippen LogP contribution in [0.5, 0.6) is 0 Å². The summed E-state index contributed by atoms with van der Waals surface area (Å²) in [5, 5.41) is 13.5. The van der Waals surface area contributed by atoms with E-state index in [2.05, 4.69) is 20.8 Å². The molecule has 0 fully saturated rings. The number of nitrogens with zero attached hydrogens (tertiary/aromatic N) is 3. The van der Waals surface area contributed by atoms with Crippen LogP contribution in [-0.2, 0) is 18.4 Å². The standard InChI is InChI=1S/C20H21N5O2S/c1-14(18(26)22-19(27)21-13-15-9-5-3-6-10-15)28-20-24-23-17(25(20)2)16-11-7-4-8-12-16/h3-12,14H,13H2,1-2H3,(H2,21,22,26,27)/t14-/m1/s1. The molecular formula is C20H21N5O2S. The number of thioether (sulfide) groups is 1. The van der Waals surface area contributed by atoms with Gasteiger partial charge in [0.15, 0.2) is 11.0 Å². The first-order valence-electron chi connectivity index (χ1n) is 8.78. The molecule has 3 rings (SSSR count). The Morgan fingerprint density at radius 2 is 1.68 bits per heavy atom. The Morgan fingerprint density at radius 3 is 2.36 bits per heavy atom. The number of rotatable bonds is 6. The zero-order valence-corrected chi connectivity index (χ0v) is 16.4. The third-order valence-electron chi connectivity index (χ3n) is 4.05. The van der Waals surface area contributed by atoms with Gasteiger partial charge in [-0.05, 0) is 12.5 Å². The lowest BCUT2D eigenvalue weighted by molar-refractivity contribution is -0.119. The van der Waals surface area contributed by atoms with Crippen molar-refractivity contribution in [3.8, 4) is 11.4 Å². The largest absolute Gasteiger partial charge is 0.334 e. The molecule has 2 aromatic carbocycles. The highest BCUT2D eigenvalue weighted by molar-refractivity contribution is 8.00. The second-order valence-corrected chi connectivity index (χ2v) is 7.46.